The smallest absolute Gasteiger partial charge is 0.209 e. The van der Waals surface area contributed by atoms with Crippen LogP contribution in [0.3, 0.4) is 0 Å². The van der Waals surface area contributed by atoms with Gasteiger partial charge in [0, 0.05) is 41.1 Å². The molecule has 2 N–H and O–H groups in total. The number of hydrogen-bond acceptors (Lipinski definition) is 3. The van der Waals surface area contributed by atoms with Crippen LogP contribution in [0.5, 0.6) is 0 Å². The molecule has 166 valence electrons. The second kappa shape index (κ2) is 9.98. The van der Waals surface area contributed by atoms with Gasteiger partial charge in [0.25, 0.3) is 0 Å². The second-order valence-corrected chi connectivity index (χ2v) is 8.57. The van der Waals surface area contributed by atoms with Crippen LogP contribution in [0.1, 0.15) is 33.0 Å². The van der Waals surface area contributed by atoms with Crippen LogP contribution in [0.2, 0.25) is 5.02 Å². The van der Waals surface area contributed by atoms with Crippen molar-refractivity contribution in [2.75, 3.05) is 10.6 Å². The van der Waals surface area contributed by atoms with E-state index in [2.05, 4.69) is 15.6 Å². The molecule has 0 atom stereocenters. The molecule has 0 saturated heterocycles. The van der Waals surface area contributed by atoms with Gasteiger partial charge in [0.1, 0.15) is 0 Å². The number of hydrogen-bond donors (Lipinski definition) is 2. The highest BCUT2D eigenvalue weighted by atomic mass is 35.5. The Kier molecular flexibility index (Phi) is 6.87. The fraction of sp³-hybridized carbons (Fsp3) is 0.115. The highest BCUT2D eigenvalue weighted by Crippen LogP contribution is 2.21. The minimum absolute atomic E-state index is 0.0233. The summed E-state index contributed by atoms with van der Waals surface area (Å²) in [5, 5.41) is 7.39. The summed E-state index contributed by atoms with van der Waals surface area (Å²) in [6.07, 6.45) is 2.36. The van der Waals surface area contributed by atoms with Crippen LogP contribution in [0.4, 0.5) is 11.4 Å². The minimum atomic E-state index is -0.0233. The maximum atomic E-state index is 13.0. The molecule has 0 fully saturated rings. The number of thiocarbonyl (C=S) groups is 1. The zero-order chi connectivity index (χ0) is 23.4. The average Bonchev–Trinajstić information content (AvgIpc) is 3.08. The third-order valence-electron chi connectivity index (χ3n) is 5.32. The van der Waals surface area contributed by atoms with E-state index in [-0.39, 0.29) is 5.78 Å². The molecule has 0 radical (unpaired) electrons. The number of pyridine rings is 1. The van der Waals surface area contributed by atoms with Gasteiger partial charge in [0.15, 0.2) is 5.11 Å². The van der Waals surface area contributed by atoms with Crippen molar-refractivity contribution in [3.05, 3.63) is 112 Å². The summed E-state index contributed by atoms with van der Waals surface area (Å²) < 4.78 is 1.94. The van der Waals surface area contributed by atoms with Crippen molar-refractivity contribution >= 4 is 46.1 Å². The molecule has 0 amide bonds. The van der Waals surface area contributed by atoms with E-state index >= 15 is 0 Å². The maximum Gasteiger partial charge on any atom is 0.209 e. The Morgan fingerprint density at radius 1 is 1.00 bits per heavy atom. The van der Waals surface area contributed by atoms with Crippen molar-refractivity contribution in [3.8, 4) is 0 Å². The van der Waals surface area contributed by atoms with Crippen LogP contribution in [0, 0.1) is 6.92 Å². The van der Waals surface area contributed by atoms with E-state index in [4.69, 9.17) is 23.8 Å². The Labute approximate surface area is 203 Å². The quantitative estimate of drug-likeness (QED) is 0.264. The van der Waals surface area contributed by atoms with Crippen molar-refractivity contribution in [2.45, 2.75) is 13.3 Å². The number of nitrogens with zero attached hydrogens (tertiary/aromatic N) is 2. The van der Waals surface area contributed by atoms with E-state index < -0.39 is 0 Å². The molecule has 33 heavy (non-hydrogen) atoms. The van der Waals surface area contributed by atoms with Crippen molar-refractivity contribution in [3.63, 3.8) is 0 Å². The van der Waals surface area contributed by atoms with Gasteiger partial charge in [-0.2, -0.15) is 0 Å². The molecule has 0 aliphatic heterocycles. The lowest BCUT2D eigenvalue weighted by Gasteiger charge is -2.11. The Balaban J connectivity index is 1.44. The first kappa shape index (κ1) is 22.7. The van der Waals surface area contributed by atoms with Gasteiger partial charge in [0.2, 0.25) is 5.78 Å². The van der Waals surface area contributed by atoms with E-state index in [0.29, 0.717) is 27.8 Å². The van der Waals surface area contributed by atoms with Gasteiger partial charge >= 0.3 is 0 Å². The predicted molar refractivity (Wildman–Crippen MR) is 138 cm³/mol. The molecule has 0 saturated carbocycles. The molecule has 0 spiro atoms. The van der Waals surface area contributed by atoms with E-state index in [0.717, 1.165) is 28.3 Å². The zero-order valence-electron chi connectivity index (χ0n) is 18.3. The highest BCUT2D eigenvalue weighted by molar-refractivity contribution is 7.80. The van der Waals surface area contributed by atoms with Gasteiger partial charge in [-0.25, -0.2) is 0 Å². The molecule has 4 aromatic rings. The first-order valence-corrected chi connectivity index (χ1v) is 11.2. The van der Waals surface area contributed by atoms with Gasteiger partial charge in [-0.1, -0.05) is 29.8 Å². The van der Waals surface area contributed by atoms with Gasteiger partial charge in [0.05, 0.1) is 17.6 Å². The number of aryl methyl sites for hydroxylation is 1. The third-order valence-corrected chi connectivity index (χ3v) is 5.78. The van der Waals surface area contributed by atoms with E-state index in [1.54, 1.807) is 30.5 Å². The molecule has 5 nitrogen and oxygen atoms in total. The molecule has 0 bridgehead atoms. The first-order chi connectivity index (χ1) is 15.9. The van der Waals surface area contributed by atoms with Crippen LogP contribution < -0.4 is 10.6 Å². The van der Waals surface area contributed by atoms with E-state index in [1.165, 1.54) is 0 Å². The SMILES string of the molecule is Cc1cc(Cc2ccc(NC(=S)Nc3ccccc3)cn2)n(C)c1C(=O)c1ccc(Cl)cc1. The number of nitrogens with one attached hydrogen (secondary N) is 2. The third kappa shape index (κ3) is 5.48. The van der Waals surface area contributed by atoms with E-state index in [9.17, 15) is 4.79 Å². The largest absolute Gasteiger partial charge is 0.344 e. The number of carbonyl (C=O) groups excluding carboxylic acids is 1. The summed E-state index contributed by atoms with van der Waals surface area (Å²) in [6.45, 7) is 1.95. The van der Waals surface area contributed by atoms with Crippen LogP contribution >= 0.6 is 23.8 Å². The number of carbonyl (C=O) groups is 1. The van der Waals surface area contributed by atoms with Crippen LogP contribution in [0.15, 0.2) is 79.0 Å². The van der Waals surface area contributed by atoms with Gasteiger partial charge in [-0.3, -0.25) is 9.78 Å². The Bertz CT molecular complexity index is 1280. The Hall–Kier alpha value is -3.48. The highest BCUT2D eigenvalue weighted by Gasteiger charge is 2.18. The predicted octanol–water partition coefficient (Wildman–Crippen LogP) is 6.01. The average molecular weight is 475 g/mol. The lowest BCUT2D eigenvalue weighted by molar-refractivity contribution is 0.103. The Morgan fingerprint density at radius 3 is 2.36 bits per heavy atom. The topological polar surface area (TPSA) is 59.0 Å². The van der Waals surface area contributed by atoms with Gasteiger partial charge in [-0.15, -0.1) is 0 Å². The fourth-order valence-electron chi connectivity index (χ4n) is 3.67. The molecule has 0 aliphatic rings. The number of ketones is 1. The normalized spacial score (nSPS) is 10.6. The maximum absolute atomic E-state index is 13.0. The summed E-state index contributed by atoms with van der Waals surface area (Å²) in [6, 6.07) is 22.6. The molecular weight excluding hydrogens is 452 g/mol. The summed E-state index contributed by atoms with van der Waals surface area (Å²) in [5.41, 5.74) is 5.85. The molecule has 0 aliphatic carbocycles. The number of para-hydroxylation sites is 1. The fourth-order valence-corrected chi connectivity index (χ4v) is 4.03. The minimum Gasteiger partial charge on any atom is -0.344 e. The summed E-state index contributed by atoms with van der Waals surface area (Å²) >= 11 is 11.3. The number of anilines is 2. The lowest BCUT2D eigenvalue weighted by atomic mass is 10.1. The molecular formula is C26H23ClN4OS. The molecule has 7 heteroatoms. The molecule has 2 aromatic carbocycles. The summed E-state index contributed by atoms with van der Waals surface area (Å²) in [4.78, 5) is 17.6. The van der Waals surface area contributed by atoms with Crippen molar-refractivity contribution in [1.82, 2.24) is 9.55 Å². The molecule has 2 heterocycles. The number of benzene rings is 2. The summed E-state index contributed by atoms with van der Waals surface area (Å²) in [7, 11) is 1.91. The lowest BCUT2D eigenvalue weighted by Crippen LogP contribution is -2.19. The monoisotopic (exact) mass is 474 g/mol. The van der Waals surface area contributed by atoms with Gasteiger partial charge in [-0.05, 0) is 79.3 Å². The number of aromatic nitrogens is 2. The van der Waals surface area contributed by atoms with Gasteiger partial charge < -0.3 is 15.2 Å². The molecule has 0 unspecified atom stereocenters. The number of rotatable bonds is 6. The van der Waals surface area contributed by atoms with Crippen molar-refractivity contribution in [2.24, 2.45) is 7.05 Å². The molecule has 4 rings (SSSR count). The Morgan fingerprint density at radius 2 is 1.70 bits per heavy atom. The molecule has 2 aromatic heterocycles. The van der Waals surface area contributed by atoms with Crippen LogP contribution in [0.25, 0.3) is 0 Å². The van der Waals surface area contributed by atoms with Crippen molar-refractivity contribution in [1.29, 1.82) is 0 Å². The zero-order valence-corrected chi connectivity index (χ0v) is 19.9. The van der Waals surface area contributed by atoms with Crippen LogP contribution in [-0.2, 0) is 13.5 Å². The van der Waals surface area contributed by atoms with Crippen molar-refractivity contribution < 1.29 is 4.79 Å². The number of halogens is 1. The first-order valence-electron chi connectivity index (χ1n) is 10.4. The standard InChI is InChI=1S/C26H23ClN4OS/c1-17-14-23(31(2)24(17)25(32)18-8-10-19(27)11-9-18)15-21-12-13-22(16-28-21)30-26(33)29-20-6-4-3-5-7-20/h3-14,16H,15H2,1-2H3,(H2,29,30,33). The van der Waals surface area contributed by atoms with E-state index in [1.807, 2.05) is 67.1 Å². The second-order valence-electron chi connectivity index (χ2n) is 7.72. The van der Waals surface area contributed by atoms with Crippen LogP contribution in [-0.4, -0.2) is 20.4 Å². The summed E-state index contributed by atoms with van der Waals surface area (Å²) in [5.74, 6) is -0.0233.